The van der Waals surface area contributed by atoms with E-state index in [0.29, 0.717) is 16.3 Å². The van der Waals surface area contributed by atoms with Gasteiger partial charge in [-0.25, -0.2) is 14.3 Å². The van der Waals surface area contributed by atoms with Gasteiger partial charge in [-0.15, -0.1) is 16.4 Å². The van der Waals surface area contributed by atoms with Crippen LogP contribution in [0.5, 0.6) is 0 Å². The molecule has 0 aliphatic rings. The number of aromatic nitrogens is 3. The number of thiophene rings is 1. The molecule has 0 amide bonds. The van der Waals surface area contributed by atoms with E-state index < -0.39 is 11.9 Å². The average molecular weight is 309 g/mol. The lowest BCUT2D eigenvalue weighted by Crippen LogP contribution is -2.10. The molecule has 0 saturated heterocycles. The van der Waals surface area contributed by atoms with E-state index in [4.69, 9.17) is 9.47 Å². The molecule has 2 aromatic heterocycles. The van der Waals surface area contributed by atoms with E-state index in [9.17, 15) is 9.59 Å². The Morgan fingerprint density at radius 1 is 1.33 bits per heavy atom. The average Bonchev–Trinajstić information content (AvgIpc) is 3.01. The topological polar surface area (TPSA) is 83.3 Å². The van der Waals surface area contributed by atoms with Gasteiger partial charge in [0.15, 0.2) is 5.69 Å². The van der Waals surface area contributed by atoms with Crippen molar-refractivity contribution in [1.29, 1.82) is 0 Å². The van der Waals surface area contributed by atoms with Crippen LogP contribution >= 0.6 is 11.3 Å². The summed E-state index contributed by atoms with van der Waals surface area (Å²) in [5.74, 6) is -0.982. The monoisotopic (exact) mass is 309 g/mol. The number of carbonyl (C=O) groups excluding carboxylic acids is 2. The molecular formula is C13H15N3O4S. The van der Waals surface area contributed by atoms with Crippen molar-refractivity contribution in [2.75, 3.05) is 13.7 Å². The summed E-state index contributed by atoms with van der Waals surface area (Å²) in [6.45, 7) is 5.53. The zero-order valence-corrected chi connectivity index (χ0v) is 13.0. The maximum atomic E-state index is 11.8. The van der Waals surface area contributed by atoms with Crippen LogP contribution in [-0.4, -0.2) is 40.6 Å². The van der Waals surface area contributed by atoms with Gasteiger partial charge in [0.2, 0.25) is 0 Å². The summed E-state index contributed by atoms with van der Waals surface area (Å²) in [6, 6.07) is 0. The summed E-state index contributed by atoms with van der Waals surface area (Å²) in [6.07, 6.45) is 0. The van der Waals surface area contributed by atoms with Crippen molar-refractivity contribution in [3.05, 3.63) is 27.2 Å². The summed E-state index contributed by atoms with van der Waals surface area (Å²) in [4.78, 5) is 24.0. The minimum Gasteiger partial charge on any atom is -0.465 e. The third kappa shape index (κ3) is 2.66. The summed E-state index contributed by atoms with van der Waals surface area (Å²) in [5.41, 5.74) is 2.08. The van der Waals surface area contributed by atoms with Crippen molar-refractivity contribution in [1.82, 2.24) is 15.0 Å². The van der Waals surface area contributed by atoms with Gasteiger partial charge in [0.05, 0.1) is 25.1 Å². The molecule has 0 atom stereocenters. The number of ether oxygens (including phenoxy) is 2. The van der Waals surface area contributed by atoms with Crippen molar-refractivity contribution in [3.8, 4) is 5.69 Å². The molecule has 112 valence electrons. The van der Waals surface area contributed by atoms with E-state index in [1.807, 2.05) is 12.3 Å². The fraction of sp³-hybridized carbons (Fsp3) is 0.385. The maximum absolute atomic E-state index is 11.8. The second kappa shape index (κ2) is 6.04. The number of rotatable bonds is 4. The molecule has 0 aromatic carbocycles. The van der Waals surface area contributed by atoms with Crippen LogP contribution in [0.2, 0.25) is 0 Å². The second-order valence-electron chi connectivity index (χ2n) is 4.24. The molecule has 7 nitrogen and oxygen atoms in total. The van der Waals surface area contributed by atoms with Crippen LogP contribution in [0.1, 0.15) is 38.3 Å². The van der Waals surface area contributed by atoms with E-state index in [1.54, 1.807) is 13.8 Å². The van der Waals surface area contributed by atoms with Gasteiger partial charge < -0.3 is 9.47 Å². The zero-order chi connectivity index (χ0) is 15.6. The Hall–Kier alpha value is -2.22. The van der Waals surface area contributed by atoms with Crippen molar-refractivity contribution >= 4 is 23.3 Å². The Kier molecular flexibility index (Phi) is 4.37. The Morgan fingerprint density at radius 2 is 2.05 bits per heavy atom. The molecule has 0 radical (unpaired) electrons. The molecule has 0 unspecified atom stereocenters. The first kappa shape index (κ1) is 15.2. The first-order valence-corrected chi connectivity index (χ1v) is 7.15. The summed E-state index contributed by atoms with van der Waals surface area (Å²) in [5, 5.41) is 9.64. The van der Waals surface area contributed by atoms with Gasteiger partial charge in [0, 0.05) is 0 Å². The van der Waals surface area contributed by atoms with Gasteiger partial charge in [-0.2, -0.15) is 0 Å². The highest BCUT2D eigenvalue weighted by Crippen LogP contribution is 2.27. The number of carbonyl (C=O) groups is 2. The molecule has 0 aliphatic carbocycles. The molecule has 0 saturated carbocycles. The lowest BCUT2D eigenvalue weighted by molar-refractivity contribution is 0.0517. The number of hydrogen-bond acceptors (Lipinski definition) is 7. The number of aryl methyl sites for hydroxylation is 1. The fourth-order valence-electron chi connectivity index (χ4n) is 1.87. The largest absolute Gasteiger partial charge is 0.465 e. The first-order chi connectivity index (χ1) is 10.0. The maximum Gasteiger partial charge on any atom is 0.360 e. The van der Waals surface area contributed by atoms with E-state index in [-0.39, 0.29) is 12.3 Å². The van der Waals surface area contributed by atoms with Crippen LogP contribution < -0.4 is 0 Å². The molecule has 0 N–H and O–H groups in total. The number of esters is 2. The first-order valence-electron chi connectivity index (χ1n) is 6.27. The predicted molar refractivity (Wildman–Crippen MR) is 76.0 cm³/mol. The highest BCUT2D eigenvalue weighted by molar-refractivity contribution is 7.12. The Morgan fingerprint density at radius 3 is 2.67 bits per heavy atom. The van der Waals surface area contributed by atoms with E-state index in [2.05, 4.69) is 10.3 Å². The lowest BCUT2D eigenvalue weighted by Gasteiger charge is -2.06. The van der Waals surface area contributed by atoms with Crippen molar-refractivity contribution in [3.63, 3.8) is 0 Å². The number of nitrogens with zero attached hydrogens (tertiary/aromatic N) is 3. The molecule has 21 heavy (non-hydrogen) atoms. The second-order valence-corrected chi connectivity index (χ2v) is 5.12. The standard InChI is InChI=1S/C13H15N3O4S/c1-5-20-12(17)9-8(3)16(15-14-9)10-7(2)6-21-11(10)13(18)19-4/h6H,5H2,1-4H3. The van der Waals surface area contributed by atoms with Gasteiger partial charge in [0.25, 0.3) is 0 Å². The van der Waals surface area contributed by atoms with Gasteiger partial charge in [-0.1, -0.05) is 5.21 Å². The molecule has 0 fully saturated rings. The Labute approximate surface area is 125 Å². The lowest BCUT2D eigenvalue weighted by atomic mass is 10.2. The SMILES string of the molecule is CCOC(=O)c1nnn(-c2c(C)csc2C(=O)OC)c1C. The number of methoxy groups -OCH3 is 1. The van der Waals surface area contributed by atoms with Crippen LogP contribution in [0.4, 0.5) is 0 Å². The summed E-state index contributed by atoms with van der Waals surface area (Å²) in [7, 11) is 1.32. The van der Waals surface area contributed by atoms with Crippen LogP contribution in [-0.2, 0) is 9.47 Å². The number of hydrogen-bond donors (Lipinski definition) is 0. The Balaban J connectivity index is 2.51. The molecule has 2 aromatic rings. The van der Waals surface area contributed by atoms with E-state index in [1.165, 1.54) is 23.1 Å². The van der Waals surface area contributed by atoms with E-state index >= 15 is 0 Å². The molecule has 0 bridgehead atoms. The van der Waals surface area contributed by atoms with Crippen LogP contribution in [0.25, 0.3) is 5.69 Å². The third-order valence-electron chi connectivity index (χ3n) is 2.89. The van der Waals surface area contributed by atoms with Gasteiger partial charge in [-0.05, 0) is 31.7 Å². The minimum absolute atomic E-state index is 0.137. The molecule has 2 rings (SSSR count). The molecule has 8 heteroatoms. The normalized spacial score (nSPS) is 10.5. The molecule has 0 aliphatic heterocycles. The Bertz CT molecular complexity index is 690. The summed E-state index contributed by atoms with van der Waals surface area (Å²) >= 11 is 1.26. The van der Waals surface area contributed by atoms with Crippen molar-refractivity contribution in [2.24, 2.45) is 0 Å². The highest BCUT2D eigenvalue weighted by Gasteiger charge is 2.24. The molecule has 0 spiro atoms. The molecular weight excluding hydrogens is 294 g/mol. The minimum atomic E-state index is -0.534. The smallest absolute Gasteiger partial charge is 0.360 e. The van der Waals surface area contributed by atoms with Crippen LogP contribution in [0, 0.1) is 13.8 Å². The van der Waals surface area contributed by atoms with Crippen LogP contribution in [0.3, 0.4) is 0 Å². The van der Waals surface area contributed by atoms with Crippen molar-refractivity contribution in [2.45, 2.75) is 20.8 Å². The van der Waals surface area contributed by atoms with Gasteiger partial charge >= 0.3 is 11.9 Å². The summed E-state index contributed by atoms with van der Waals surface area (Å²) < 4.78 is 11.2. The van der Waals surface area contributed by atoms with Gasteiger partial charge in [0.1, 0.15) is 4.88 Å². The van der Waals surface area contributed by atoms with Crippen LogP contribution in [0.15, 0.2) is 5.38 Å². The van der Waals surface area contributed by atoms with Gasteiger partial charge in [-0.3, -0.25) is 0 Å². The zero-order valence-electron chi connectivity index (χ0n) is 12.2. The third-order valence-corrected chi connectivity index (χ3v) is 3.96. The quantitative estimate of drug-likeness (QED) is 0.802. The molecule has 2 heterocycles. The highest BCUT2D eigenvalue weighted by atomic mass is 32.1. The fourth-order valence-corrected chi connectivity index (χ4v) is 2.81. The predicted octanol–water partition coefficient (Wildman–Crippen LogP) is 1.91. The van der Waals surface area contributed by atoms with E-state index in [0.717, 1.165) is 5.56 Å². The van der Waals surface area contributed by atoms with Crippen molar-refractivity contribution < 1.29 is 19.1 Å².